The van der Waals surface area contributed by atoms with Crippen LogP contribution in [0.25, 0.3) is 0 Å². The second-order valence-electron chi connectivity index (χ2n) is 15.4. The predicted molar refractivity (Wildman–Crippen MR) is 161 cm³/mol. The van der Waals surface area contributed by atoms with Crippen molar-refractivity contribution in [3.05, 3.63) is 39.9 Å². The normalized spacial score (nSPS) is 43.0. The van der Waals surface area contributed by atoms with E-state index in [9.17, 15) is 20.0 Å². The monoisotopic (exact) mass is 581 g/mol. The van der Waals surface area contributed by atoms with Gasteiger partial charge in [0.1, 0.15) is 6.10 Å². The summed E-state index contributed by atoms with van der Waals surface area (Å²) in [4.78, 5) is 23.3. The number of nitro groups is 1. The summed E-state index contributed by atoms with van der Waals surface area (Å²) in [6, 6.07) is 6.20. The van der Waals surface area contributed by atoms with Gasteiger partial charge in [-0.15, -0.1) is 0 Å². The van der Waals surface area contributed by atoms with E-state index in [1.165, 1.54) is 44.2 Å². The lowest BCUT2D eigenvalue weighted by Crippen LogP contribution is -2.54. The van der Waals surface area contributed by atoms with Crippen LogP contribution in [0.4, 0.5) is 5.69 Å². The Labute approximate surface area is 251 Å². The fourth-order valence-electron chi connectivity index (χ4n) is 11.0. The van der Waals surface area contributed by atoms with Crippen molar-refractivity contribution in [1.29, 1.82) is 0 Å². The molecule has 7 heteroatoms. The molecule has 1 saturated heterocycles. The van der Waals surface area contributed by atoms with Crippen LogP contribution in [-0.4, -0.2) is 40.9 Å². The summed E-state index contributed by atoms with van der Waals surface area (Å²) >= 11 is 0. The smallest absolute Gasteiger partial charge is 0.310 e. The minimum Gasteiger partial charge on any atom is -0.462 e. The first-order valence-corrected chi connectivity index (χ1v) is 16.7. The number of hydrogen-bond acceptors (Lipinski definition) is 6. The average Bonchev–Trinajstić information content (AvgIpc) is 3.44. The van der Waals surface area contributed by atoms with Crippen LogP contribution in [0.15, 0.2) is 24.3 Å². The van der Waals surface area contributed by atoms with Gasteiger partial charge in [0, 0.05) is 18.7 Å². The molecule has 0 spiro atoms. The molecule has 3 unspecified atom stereocenters. The Kier molecular flexibility index (Phi) is 8.23. The Hall–Kier alpha value is -1.99. The number of aliphatic hydroxyl groups excluding tert-OH is 1. The molecule has 1 N–H and O–H groups in total. The summed E-state index contributed by atoms with van der Waals surface area (Å²) in [5, 5.41) is 20.4. The van der Waals surface area contributed by atoms with Crippen molar-refractivity contribution < 1.29 is 24.3 Å². The first-order valence-electron chi connectivity index (χ1n) is 16.7. The van der Waals surface area contributed by atoms with E-state index in [4.69, 9.17) is 9.47 Å². The zero-order valence-corrected chi connectivity index (χ0v) is 26.0. The molecular formula is C35H51NO6. The average molecular weight is 582 g/mol. The Morgan fingerprint density at radius 1 is 1.10 bits per heavy atom. The zero-order valence-electron chi connectivity index (χ0n) is 26.0. The molecule has 12 atom stereocenters. The number of aliphatic hydroxyl groups is 1. The van der Waals surface area contributed by atoms with Crippen molar-refractivity contribution in [3.8, 4) is 0 Å². The molecule has 42 heavy (non-hydrogen) atoms. The molecule has 7 nitrogen and oxygen atoms in total. The first kappa shape index (κ1) is 30.1. The number of esters is 1. The Morgan fingerprint density at radius 3 is 2.55 bits per heavy atom. The highest BCUT2D eigenvalue weighted by molar-refractivity contribution is 5.72. The van der Waals surface area contributed by atoms with Crippen molar-refractivity contribution >= 4 is 11.7 Å². The van der Waals surface area contributed by atoms with Crippen LogP contribution in [-0.2, 0) is 20.7 Å². The summed E-state index contributed by atoms with van der Waals surface area (Å²) in [6.45, 7) is 10.0. The standard InChI is InChI=1S/C35H51NO6/c1-21(20-37)5-12-30-22(2)33-31(42-30)19-29-27-11-8-24-18-26(13-15-34(24,3)28(27)14-16-35(29,33)4)41-32(38)17-23-6-9-25(10-7-23)36(39)40/h6-7,9-10,21-22,24,26-31,33,37H,5,8,11-20H2,1-4H3/t21-,22+,24+,26+,27+,28-,29-,30?,31?,33?,34-,35-/m0/s1. The maximum atomic E-state index is 12.8. The van der Waals surface area contributed by atoms with E-state index in [0.717, 1.165) is 55.4 Å². The van der Waals surface area contributed by atoms with Gasteiger partial charge in [0.15, 0.2) is 0 Å². The lowest BCUT2D eigenvalue weighted by atomic mass is 9.44. The molecule has 1 aliphatic heterocycles. The van der Waals surface area contributed by atoms with Gasteiger partial charge in [0.2, 0.25) is 0 Å². The third kappa shape index (κ3) is 5.21. The lowest BCUT2D eigenvalue weighted by Gasteiger charge is -2.61. The number of carbonyl (C=O) groups is 1. The molecular weight excluding hydrogens is 530 g/mol. The van der Waals surface area contributed by atoms with Crippen LogP contribution in [0.3, 0.4) is 0 Å². The molecule has 6 rings (SSSR count). The van der Waals surface area contributed by atoms with Gasteiger partial charge >= 0.3 is 5.97 Å². The van der Waals surface area contributed by atoms with Crippen molar-refractivity contribution in [2.24, 2.45) is 52.3 Å². The maximum absolute atomic E-state index is 12.8. The lowest BCUT2D eigenvalue weighted by molar-refractivity contribution is -0.384. The number of benzene rings is 1. The molecule has 5 fully saturated rings. The number of non-ortho nitro benzene ring substituents is 1. The predicted octanol–water partition coefficient (Wildman–Crippen LogP) is 7.13. The summed E-state index contributed by atoms with van der Waals surface area (Å²) < 4.78 is 12.8. The number of carbonyl (C=O) groups excluding carboxylic acids is 1. The van der Waals surface area contributed by atoms with Gasteiger partial charge in [0.25, 0.3) is 5.69 Å². The Morgan fingerprint density at radius 2 is 1.83 bits per heavy atom. The summed E-state index contributed by atoms with van der Waals surface area (Å²) in [6.07, 6.45) is 12.4. The second-order valence-corrected chi connectivity index (χ2v) is 15.4. The van der Waals surface area contributed by atoms with Gasteiger partial charge < -0.3 is 14.6 Å². The Bertz CT molecular complexity index is 1150. The van der Waals surface area contributed by atoms with Crippen molar-refractivity contribution in [1.82, 2.24) is 0 Å². The second kappa shape index (κ2) is 11.5. The number of ether oxygens (including phenoxy) is 2. The summed E-state index contributed by atoms with van der Waals surface area (Å²) in [5.74, 6) is 4.26. The van der Waals surface area contributed by atoms with Crippen molar-refractivity contribution in [3.63, 3.8) is 0 Å². The highest BCUT2D eigenvalue weighted by atomic mass is 16.6. The third-order valence-electron chi connectivity index (χ3n) is 13.3. The number of hydrogen-bond donors (Lipinski definition) is 1. The number of fused-ring (bicyclic) bond motifs is 7. The molecule has 0 radical (unpaired) electrons. The van der Waals surface area contributed by atoms with E-state index in [1.807, 2.05) is 0 Å². The minimum atomic E-state index is -0.423. The summed E-state index contributed by atoms with van der Waals surface area (Å²) in [5.41, 5.74) is 1.48. The summed E-state index contributed by atoms with van der Waals surface area (Å²) in [7, 11) is 0. The highest BCUT2D eigenvalue weighted by Gasteiger charge is 2.65. The number of nitrogens with zero attached hydrogens (tertiary/aromatic N) is 1. The third-order valence-corrected chi connectivity index (χ3v) is 13.3. The van der Waals surface area contributed by atoms with Gasteiger partial charge in [-0.05, 0) is 122 Å². The van der Waals surface area contributed by atoms with E-state index in [0.29, 0.717) is 46.7 Å². The molecule has 1 aromatic rings. The van der Waals surface area contributed by atoms with Crippen molar-refractivity contribution in [2.75, 3.05) is 6.61 Å². The van der Waals surface area contributed by atoms with E-state index >= 15 is 0 Å². The molecule has 5 aliphatic rings. The van der Waals surface area contributed by atoms with Crippen LogP contribution in [0.2, 0.25) is 0 Å². The highest BCUT2D eigenvalue weighted by Crippen LogP contribution is 2.70. The van der Waals surface area contributed by atoms with Crippen LogP contribution >= 0.6 is 0 Å². The molecule has 4 aliphatic carbocycles. The van der Waals surface area contributed by atoms with Gasteiger partial charge in [-0.3, -0.25) is 14.9 Å². The molecule has 4 saturated carbocycles. The van der Waals surface area contributed by atoms with E-state index in [1.54, 1.807) is 12.1 Å². The van der Waals surface area contributed by atoms with E-state index in [2.05, 4.69) is 27.7 Å². The Balaban J connectivity index is 1.06. The molecule has 232 valence electrons. The molecule has 0 bridgehead atoms. The van der Waals surface area contributed by atoms with E-state index < -0.39 is 4.92 Å². The molecule has 1 heterocycles. The van der Waals surface area contributed by atoms with Gasteiger partial charge in [-0.1, -0.05) is 39.8 Å². The van der Waals surface area contributed by atoms with Gasteiger partial charge in [-0.2, -0.15) is 0 Å². The largest absolute Gasteiger partial charge is 0.462 e. The quantitative estimate of drug-likeness (QED) is 0.199. The molecule has 1 aromatic carbocycles. The fourth-order valence-corrected chi connectivity index (χ4v) is 11.0. The SMILES string of the molecule is C[C@H](CO)CCC1OC2C[C@H]3[C@@H]4CC[C@@H]5C[C@H](OC(=O)Cc6ccc([N+](=O)[O-])cc6)CC[C@]5(C)[C@H]4CC[C@]3(C)C2[C@@H]1C. The van der Waals surface area contributed by atoms with Crippen LogP contribution in [0, 0.1) is 62.4 Å². The number of rotatable bonds is 8. The number of nitro benzene ring substituents is 1. The first-order chi connectivity index (χ1) is 20.0. The fraction of sp³-hybridized carbons (Fsp3) is 0.800. The van der Waals surface area contributed by atoms with Crippen LogP contribution in [0.5, 0.6) is 0 Å². The molecule has 0 amide bonds. The zero-order chi connectivity index (χ0) is 29.8. The van der Waals surface area contributed by atoms with Crippen molar-refractivity contribution in [2.45, 2.75) is 117 Å². The van der Waals surface area contributed by atoms with Crippen LogP contribution in [0.1, 0.15) is 97.5 Å². The topological polar surface area (TPSA) is 98.9 Å². The van der Waals surface area contributed by atoms with Crippen LogP contribution < -0.4 is 0 Å². The molecule has 0 aromatic heterocycles. The minimum absolute atomic E-state index is 0.0235. The van der Waals surface area contributed by atoms with Gasteiger partial charge in [0.05, 0.1) is 23.6 Å². The van der Waals surface area contributed by atoms with Gasteiger partial charge in [-0.25, -0.2) is 0 Å². The maximum Gasteiger partial charge on any atom is 0.310 e. The van der Waals surface area contributed by atoms with E-state index in [-0.39, 0.29) is 30.8 Å².